The Morgan fingerprint density at radius 3 is 3.14 bits per heavy atom. The van der Waals surface area contributed by atoms with Crippen molar-refractivity contribution in [2.45, 2.75) is 32.7 Å². The minimum Gasteiger partial charge on any atom is -0.368 e. The van der Waals surface area contributed by atoms with Crippen molar-refractivity contribution >= 4 is 22.6 Å². The minimum absolute atomic E-state index is 0.241. The summed E-state index contributed by atoms with van der Waals surface area (Å²) in [6.07, 6.45) is 5.30. The van der Waals surface area contributed by atoms with E-state index in [0.29, 0.717) is 18.4 Å². The Morgan fingerprint density at radius 2 is 2.36 bits per heavy atom. The number of hydrogen-bond donors (Lipinski definition) is 1. The molecular weight excluding hydrogens is 278 g/mol. The molecule has 1 saturated heterocycles. The molecule has 0 unspecified atom stereocenters. The lowest BCUT2D eigenvalue weighted by Gasteiger charge is -2.42. The van der Waals surface area contributed by atoms with E-state index in [-0.39, 0.29) is 5.91 Å². The fourth-order valence-corrected chi connectivity index (χ4v) is 3.32. The zero-order valence-electron chi connectivity index (χ0n) is 13.4. The molecule has 1 aliphatic heterocycles. The van der Waals surface area contributed by atoms with Crippen LogP contribution in [0.2, 0.25) is 0 Å². The van der Waals surface area contributed by atoms with Crippen LogP contribution in [0.15, 0.2) is 18.5 Å². The molecule has 3 rings (SSSR count). The van der Waals surface area contributed by atoms with Crippen LogP contribution in [0.1, 0.15) is 26.7 Å². The average molecular weight is 301 g/mol. The third-order valence-corrected chi connectivity index (χ3v) is 4.79. The summed E-state index contributed by atoms with van der Waals surface area (Å²) in [5, 5.41) is 9.27. The second-order valence-electron chi connectivity index (χ2n) is 6.11. The lowest BCUT2D eigenvalue weighted by Crippen LogP contribution is -2.52. The largest absolute Gasteiger partial charge is 0.368 e. The van der Waals surface area contributed by atoms with Crippen LogP contribution in [0.3, 0.4) is 0 Å². The zero-order valence-corrected chi connectivity index (χ0v) is 13.4. The first-order valence-corrected chi connectivity index (χ1v) is 7.91. The third kappa shape index (κ3) is 2.53. The number of anilines is 1. The van der Waals surface area contributed by atoms with Crippen LogP contribution >= 0.6 is 0 Å². The molecule has 22 heavy (non-hydrogen) atoms. The summed E-state index contributed by atoms with van der Waals surface area (Å²) in [5.41, 5.74) is 1.86. The van der Waals surface area contributed by atoms with Crippen LogP contribution in [-0.4, -0.2) is 52.2 Å². The molecule has 2 atom stereocenters. The predicted molar refractivity (Wildman–Crippen MR) is 86.7 cm³/mol. The maximum Gasteiger partial charge on any atom is 0.222 e. The molecule has 2 aromatic rings. The van der Waals surface area contributed by atoms with Crippen LogP contribution in [0.4, 0.5) is 5.69 Å². The van der Waals surface area contributed by atoms with E-state index in [1.54, 1.807) is 0 Å². The van der Waals surface area contributed by atoms with E-state index in [4.69, 9.17) is 0 Å². The third-order valence-electron chi connectivity index (χ3n) is 4.79. The van der Waals surface area contributed by atoms with Crippen molar-refractivity contribution in [3.63, 3.8) is 0 Å². The summed E-state index contributed by atoms with van der Waals surface area (Å²) in [4.78, 5) is 19.4. The minimum atomic E-state index is 0.241. The number of amides is 1. The van der Waals surface area contributed by atoms with E-state index in [1.165, 1.54) is 0 Å². The number of carbonyl (C=O) groups excluding carboxylic acids is 1. The Kier molecular flexibility index (Phi) is 4.00. The molecule has 3 heterocycles. The topological polar surface area (TPSA) is 65.1 Å². The molecule has 0 saturated carbocycles. The van der Waals surface area contributed by atoms with Crippen molar-refractivity contribution in [1.82, 2.24) is 20.1 Å². The maximum atomic E-state index is 12.0. The van der Waals surface area contributed by atoms with Crippen molar-refractivity contribution in [3.05, 3.63) is 18.5 Å². The van der Waals surface area contributed by atoms with Crippen molar-refractivity contribution in [2.24, 2.45) is 5.92 Å². The Hall–Kier alpha value is -2.11. The highest BCUT2D eigenvalue weighted by Gasteiger charge is 2.31. The molecule has 0 aliphatic carbocycles. The molecule has 0 aromatic carbocycles. The van der Waals surface area contributed by atoms with Gasteiger partial charge in [0.15, 0.2) is 5.65 Å². The highest BCUT2D eigenvalue weighted by molar-refractivity contribution is 5.89. The number of likely N-dealkylation sites (tertiary alicyclic amines) is 1. The van der Waals surface area contributed by atoms with Crippen LogP contribution in [0, 0.1) is 5.92 Å². The van der Waals surface area contributed by atoms with Gasteiger partial charge in [-0.25, -0.2) is 0 Å². The molecule has 1 N–H and O–H groups in total. The summed E-state index contributed by atoms with van der Waals surface area (Å²) < 4.78 is 0. The van der Waals surface area contributed by atoms with Gasteiger partial charge in [-0.1, -0.05) is 13.8 Å². The average Bonchev–Trinajstić information content (AvgIpc) is 3.02. The van der Waals surface area contributed by atoms with E-state index in [1.807, 2.05) is 30.3 Å². The van der Waals surface area contributed by atoms with Gasteiger partial charge in [0.05, 0.1) is 11.9 Å². The SMILES string of the molecule is CCC(=O)N1CC[C@@H](C)[C@@H](N(C)c2cnnc3[nH]ccc23)C1. The second-order valence-corrected chi connectivity index (χ2v) is 6.11. The summed E-state index contributed by atoms with van der Waals surface area (Å²) in [6, 6.07) is 2.32. The monoisotopic (exact) mass is 301 g/mol. The van der Waals surface area contributed by atoms with Crippen molar-refractivity contribution in [2.75, 3.05) is 25.0 Å². The Balaban J connectivity index is 1.88. The van der Waals surface area contributed by atoms with Crippen molar-refractivity contribution in [1.29, 1.82) is 0 Å². The lowest BCUT2D eigenvalue weighted by molar-refractivity contribution is -0.132. The first-order valence-electron chi connectivity index (χ1n) is 7.91. The van der Waals surface area contributed by atoms with E-state index < -0.39 is 0 Å². The standard InChI is InChI=1S/C16H23N5O/c1-4-15(22)21-8-6-11(2)14(10-21)20(3)13-9-18-19-16-12(13)5-7-17-16/h5,7,9,11,14H,4,6,8,10H2,1-3H3,(H,17,19)/t11-,14+/m1/s1. The number of aromatic amines is 1. The molecule has 0 spiro atoms. The first-order chi connectivity index (χ1) is 10.6. The summed E-state index contributed by atoms with van der Waals surface area (Å²) in [5.74, 6) is 0.776. The number of piperidine rings is 1. The van der Waals surface area contributed by atoms with E-state index in [0.717, 1.165) is 36.2 Å². The van der Waals surface area contributed by atoms with Gasteiger partial charge < -0.3 is 14.8 Å². The Bertz CT molecular complexity index is 667. The number of nitrogens with zero attached hydrogens (tertiary/aromatic N) is 4. The van der Waals surface area contributed by atoms with Gasteiger partial charge >= 0.3 is 0 Å². The van der Waals surface area contributed by atoms with E-state index in [9.17, 15) is 4.79 Å². The van der Waals surface area contributed by atoms with Gasteiger partial charge in [-0.05, 0) is 18.4 Å². The molecule has 1 amide bonds. The van der Waals surface area contributed by atoms with Crippen LogP contribution < -0.4 is 4.90 Å². The number of aromatic nitrogens is 3. The zero-order chi connectivity index (χ0) is 15.7. The van der Waals surface area contributed by atoms with E-state index >= 15 is 0 Å². The molecule has 1 aliphatic rings. The Morgan fingerprint density at radius 1 is 1.55 bits per heavy atom. The number of fused-ring (bicyclic) bond motifs is 1. The van der Waals surface area contributed by atoms with Crippen LogP contribution in [-0.2, 0) is 4.79 Å². The van der Waals surface area contributed by atoms with Gasteiger partial charge in [0.2, 0.25) is 5.91 Å². The lowest BCUT2D eigenvalue weighted by atomic mass is 9.91. The summed E-state index contributed by atoms with van der Waals surface area (Å²) >= 11 is 0. The summed E-state index contributed by atoms with van der Waals surface area (Å²) in [6.45, 7) is 5.83. The van der Waals surface area contributed by atoms with Gasteiger partial charge in [-0.3, -0.25) is 4.79 Å². The van der Waals surface area contributed by atoms with E-state index in [2.05, 4.69) is 34.1 Å². The highest BCUT2D eigenvalue weighted by atomic mass is 16.2. The second kappa shape index (κ2) is 5.94. The smallest absolute Gasteiger partial charge is 0.222 e. The first kappa shape index (κ1) is 14.8. The number of likely N-dealkylation sites (N-methyl/N-ethyl adjacent to an activating group) is 1. The molecule has 6 heteroatoms. The van der Waals surface area contributed by atoms with Crippen molar-refractivity contribution in [3.8, 4) is 0 Å². The van der Waals surface area contributed by atoms with Gasteiger partial charge in [-0.2, -0.15) is 5.10 Å². The molecule has 0 bridgehead atoms. The van der Waals surface area contributed by atoms with Gasteiger partial charge in [0, 0.05) is 44.2 Å². The summed E-state index contributed by atoms with van der Waals surface area (Å²) in [7, 11) is 2.09. The van der Waals surface area contributed by atoms with Gasteiger partial charge in [0.25, 0.3) is 0 Å². The van der Waals surface area contributed by atoms with Gasteiger partial charge in [0.1, 0.15) is 0 Å². The number of hydrogen-bond acceptors (Lipinski definition) is 4. The van der Waals surface area contributed by atoms with Gasteiger partial charge in [-0.15, -0.1) is 5.10 Å². The van der Waals surface area contributed by atoms with Crippen LogP contribution in [0.25, 0.3) is 11.0 Å². The molecule has 0 radical (unpaired) electrons. The highest BCUT2D eigenvalue weighted by Crippen LogP contribution is 2.29. The number of H-pyrrole nitrogens is 1. The quantitative estimate of drug-likeness (QED) is 0.942. The maximum absolute atomic E-state index is 12.0. The normalized spacial score (nSPS) is 22.0. The molecule has 1 fully saturated rings. The van der Waals surface area contributed by atoms with Crippen LogP contribution in [0.5, 0.6) is 0 Å². The fraction of sp³-hybridized carbons (Fsp3) is 0.562. The number of carbonyl (C=O) groups is 1. The number of rotatable bonds is 3. The molecule has 6 nitrogen and oxygen atoms in total. The fourth-order valence-electron chi connectivity index (χ4n) is 3.32. The Labute approximate surface area is 130 Å². The molecule has 118 valence electrons. The van der Waals surface area contributed by atoms with Crippen molar-refractivity contribution < 1.29 is 4.79 Å². The predicted octanol–water partition coefficient (Wildman–Crippen LogP) is 2.04. The molecular formula is C16H23N5O. The molecule has 2 aromatic heterocycles. The number of nitrogens with one attached hydrogen (secondary N) is 1.